The molecular weight excluding hydrogens is 240 g/mol. The number of nitrogens with two attached hydrogens (primary N) is 1. The number of hydrogen-bond acceptors (Lipinski definition) is 5. The van der Waals surface area contributed by atoms with E-state index in [1.807, 2.05) is 13.0 Å². The topological polar surface area (TPSA) is 73.1 Å². The van der Waals surface area contributed by atoms with Crippen molar-refractivity contribution in [3.63, 3.8) is 0 Å². The van der Waals surface area contributed by atoms with Crippen LogP contribution in [-0.4, -0.2) is 29.7 Å². The third kappa shape index (κ3) is 3.80. The van der Waals surface area contributed by atoms with Crippen LogP contribution in [0.25, 0.3) is 0 Å². The molecule has 1 aliphatic carbocycles. The van der Waals surface area contributed by atoms with E-state index in [4.69, 9.17) is 10.5 Å². The minimum atomic E-state index is 0.231. The first-order valence-electron chi connectivity index (χ1n) is 7.17. The minimum absolute atomic E-state index is 0.231. The molecule has 1 aromatic rings. The van der Waals surface area contributed by atoms with Gasteiger partial charge in [0.15, 0.2) is 0 Å². The summed E-state index contributed by atoms with van der Waals surface area (Å²) in [5.74, 6) is 1.43. The van der Waals surface area contributed by atoms with Crippen LogP contribution in [0.4, 0.5) is 5.82 Å². The maximum Gasteiger partial charge on any atom is 0.218 e. The van der Waals surface area contributed by atoms with Crippen molar-refractivity contribution in [1.82, 2.24) is 9.97 Å². The lowest BCUT2D eigenvalue weighted by Gasteiger charge is -2.36. The maximum atomic E-state index is 5.98. The molecule has 19 heavy (non-hydrogen) atoms. The molecule has 2 rings (SSSR count). The third-order valence-electron chi connectivity index (χ3n) is 3.93. The molecule has 0 amide bonds. The third-order valence-corrected chi connectivity index (χ3v) is 3.93. The lowest BCUT2D eigenvalue weighted by molar-refractivity contribution is 0.215. The highest BCUT2D eigenvalue weighted by molar-refractivity contribution is 5.37. The summed E-state index contributed by atoms with van der Waals surface area (Å²) in [5, 5.41) is 3.39. The van der Waals surface area contributed by atoms with Crippen LogP contribution in [0.1, 0.15) is 39.0 Å². The van der Waals surface area contributed by atoms with E-state index in [0.29, 0.717) is 12.5 Å². The predicted octanol–water partition coefficient (Wildman–Crippen LogP) is 2.20. The van der Waals surface area contributed by atoms with Crippen molar-refractivity contribution in [3.8, 4) is 5.88 Å². The molecule has 3 N–H and O–H groups in total. The highest BCUT2D eigenvalue weighted by atomic mass is 16.5. The Hall–Kier alpha value is -1.36. The first-order valence-corrected chi connectivity index (χ1v) is 7.17. The van der Waals surface area contributed by atoms with E-state index < -0.39 is 0 Å². The fraction of sp³-hybridized carbons (Fsp3) is 0.714. The van der Waals surface area contributed by atoms with Gasteiger partial charge in [-0.1, -0.05) is 19.3 Å². The van der Waals surface area contributed by atoms with E-state index in [2.05, 4.69) is 15.3 Å². The number of anilines is 1. The summed E-state index contributed by atoms with van der Waals surface area (Å²) >= 11 is 0. The van der Waals surface area contributed by atoms with Gasteiger partial charge in [0.05, 0.1) is 6.61 Å². The van der Waals surface area contributed by atoms with Crippen LogP contribution >= 0.6 is 0 Å². The molecule has 0 aromatic carbocycles. The van der Waals surface area contributed by atoms with Gasteiger partial charge in [0, 0.05) is 12.6 Å². The van der Waals surface area contributed by atoms with Gasteiger partial charge in [-0.25, -0.2) is 9.97 Å². The van der Waals surface area contributed by atoms with Gasteiger partial charge in [-0.2, -0.15) is 0 Å². The Morgan fingerprint density at radius 1 is 1.32 bits per heavy atom. The van der Waals surface area contributed by atoms with Crippen molar-refractivity contribution in [2.75, 3.05) is 25.0 Å². The number of hydrogen-bond donors (Lipinski definition) is 2. The minimum Gasteiger partial charge on any atom is -0.478 e. The number of nitrogens with one attached hydrogen (secondary N) is 1. The number of nitrogens with zero attached hydrogens (tertiary/aromatic N) is 2. The zero-order valence-corrected chi connectivity index (χ0v) is 11.7. The number of aromatic nitrogens is 2. The van der Waals surface area contributed by atoms with Gasteiger partial charge in [0.1, 0.15) is 12.1 Å². The lowest BCUT2D eigenvalue weighted by Crippen LogP contribution is -2.39. The van der Waals surface area contributed by atoms with Gasteiger partial charge in [-0.05, 0) is 31.7 Å². The SMILES string of the molecule is CCOc1cc(NCC2(CN)CCCCC2)ncn1. The highest BCUT2D eigenvalue weighted by Crippen LogP contribution is 2.35. The quantitative estimate of drug-likeness (QED) is 0.824. The molecule has 0 bridgehead atoms. The average molecular weight is 264 g/mol. The summed E-state index contributed by atoms with van der Waals surface area (Å²) in [6.07, 6.45) is 7.85. The Labute approximate surface area is 115 Å². The van der Waals surface area contributed by atoms with Gasteiger partial charge in [-0.3, -0.25) is 0 Å². The Balaban J connectivity index is 1.94. The monoisotopic (exact) mass is 264 g/mol. The van der Waals surface area contributed by atoms with Crippen molar-refractivity contribution in [2.45, 2.75) is 39.0 Å². The van der Waals surface area contributed by atoms with Crippen LogP contribution < -0.4 is 15.8 Å². The molecule has 5 nitrogen and oxygen atoms in total. The second-order valence-corrected chi connectivity index (χ2v) is 5.29. The predicted molar refractivity (Wildman–Crippen MR) is 76.3 cm³/mol. The lowest BCUT2D eigenvalue weighted by atomic mass is 9.74. The van der Waals surface area contributed by atoms with Crippen molar-refractivity contribution < 1.29 is 4.74 Å². The normalized spacial score (nSPS) is 18.0. The van der Waals surface area contributed by atoms with E-state index in [0.717, 1.165) is 18.9 Å². The summed E-state index contributed by atoms with van der Waals surface area (Å²) in [7, 11) is 0. The second-order valence-electron chi connectivity index (χ2n) is 5.29. The summed E-state index contributed by atoms with van der Waals surface area (Å²) in [6.45, 7) is 4.18. The van der Waals surface area contributed by atoms with E-state index in [1.165, 1.54) is 38.4 Å². The molecule has 0 saturated heterocycles. The summed E-state index contributed by atoms with van der Waals surface area (Å²) in [6, 6.07) is 1.84. The summed E-state index contributed by atoms with van der Waals surface area (Å²) in [5.41, 5.74) is 6.21. The molecule has 5 heteroatoms. The molecule has 1 aliphatic rings. The fourth-order valence-corrected chi connectivity index (χ4v) is 2.70. The molecule has 0 unspecified atom stereocenters. The van der Waals surface area contributed by atoms with Gasteiger partial charge in [0.2, 0.25) is 5.88 Å². The van der Waals surface area contributed by atoms with Crippen molar-refractivity contribution in [3.05, 3.63) is 12.4 Å². The Morgan fingerprint density at radius 3 is 2.79 bits per heavy atom. The van der Waals surface area contributed by atoms with Gasteiger partial charge >= 0.3 is 0 Å². The molecule has 1 heterocycles. The van der Waals surface area contributed by atoms with E-state index in [-0.39, 0.29) is 5.41 Å². The molecule has 106 valence electrons. The standard InChI is InChI=1S/C14H24N4O/c1-2-19-13-8-12(17-11-18-13)16-10-14(9-15)6-4-3-5-7-14/h8,11H,2-7,9-10,15H2,1H3,(H,16,17,18). The molecule has 1 aromatic heterocycles. The Morgan fingerprint density at radius 2 is 2.11 bits per heavy atom. The summed E-state index contributed by atoms with van der Waals surface area (Å²) in [4.78, 5) is 8.29. The number of ether oxygens (including phenoxy) is 1. The first-order chi connectivity index (χ1) is 9.28. The van der Waals surface area contributed by atoms with Crippen LogP contribution in [0, 0.1) is 5.41 Å². The zero-order chi connectivity index (χ0) is 13.6. The first kappa shape index (κ1) is 14.1. The van der Waals surface area contributed by atoms with E-state index in [9.17, 15) is 0 Å². The molecule has 0 aliphatic heterocycles. The van der Waals surface area contributed by atoms with E-state index >= 15 is 0 Å². The van der Waals surface area contributed by atoms with Crippen LogP contribution in [-0.2, 0) is 0 Å². The van der Waals surface area contributed by atoms with Gasteiger partial charge in [-0.15, -0.1) is 0 Å². The smallest absolute Gasteiger partial charge is 0.218 e. The Kier molecular flexibility index (Phi) is 4.96. The Bertz CT molecular complexity index is 391. The van der Waals surface area contributed by atoms with Crippen molar-refractivity contribution in [2.24, 2.45) is 11.1 Å². The van der Waals surface area contributed by atoms with Crippen LogP contribution in [0.2, 0.25) is 0 Å². The average Bonchev–Trinajstić information content (AvgIpc) is 2.47. The zero-order valence-electron chi connectivity index (χ0n) is 11.7. The second kappa shape index (κ2) is 6.70. The van der Waals surface area contributed by atoms with Crippen LogP contribution in [0.3, 0.4) is 0 Å². The fourth-order valence-electron chi connectivity index (χ4n) is 2.70. The highest BCUT2D eigenvalue weighted by Gasteiger charge is 2.30. The van der Waals surface area contributed by atoms with Crippen LogP contribution in [0.15, 0.2) is 12.4 Å². The molecule has 0 atom stereocenters. The molecular formula is C14H24N4O. The van der Waals surface area contributed by atoms with Gasteiger partial charge < -0.3 is 15.8 Å². The van der Waals surface area contributed by atoms with Crippen molar-refractivity contribution >= 4 is 5.82 Å². The van der Waals surface area contributed by atoms with Gasteiger partial charge in [0.25, 0.3) is 0 Å². The maximum absolute atomic E-state index is 5.98. The molecule has 1 fully saturated rings. The summed E-state index contributed by atoms with van der Waals surface area (Å²) < 4.78 is 5.37. The largest absolute Gasteiger partial charge is 0.478 e. The van der Waals surface area contributed by atoms with E-state index in [1.54, 1.807) is 0 Å². The molecule has 1 saturated carbocycles. The number of rotatable bonds is 6. The molecule has 0 radical (unpaired) electrons. The van der Waals surface area contributed by atoms with Crippen molar-refractivity contribution in [1.29, 1.82) is 0 Å². The molecule has 0 spiro atoms. The van der Waals surface area contributed by atoms with Crippen LogP contribution in [0.5, 0.6) is 5.88 Å².